The summed E-state index contributed by atoms with van der Waals surface area (Å²) < 4.78 is 22.3. The normalized spacial score (nSPS) is 28.5. The number of rotatable bonds is 3. The van der Waals surface area contributed by atoms with Gasteiger partial charge in [-0.05, 0) is 38.0 Å². The average molecular weight is 256 g/mol. The van der Waals surface area contributed by atoms with Crippen LogP contribution in [0, 0.1) is 0 Å². The number of nitrogens with two attached hydrogens (primary N) is 1. The first-order valence-electron chi connectivity index (χ1n) is 5.38. The molecule has 0 unspecified atom stereocenters. The van der Waals surface area contributed by atoms with Gasteiger partial charge in [-0.1, -0.05) is 6.07 Å². The third kappa shape index (κ3) is 2.96. The van der Waals surface area contributed by atoms with Crippen LogP contribution in [0.1, 0.15) is 19.8 Å². The lowest BCUT2D eigenvalue weighted by Gasteiger charge is -2.41. The monoisotopic (exact) mass is 256 g/mol. The second-order valence-corrected chi connectivity index (χ2v) is 6.38. The molecule has 0 aromatic heterocycles. The van der Waals surface area contributed by atoms with Gasteiger partial charge in [0.05, 0.1) is 10.5 Å². The second-order valence-electron chi connectivity index (χ2n) is 4.82. The van der Waals surface area contributed by atoms with Gasteiger partial charge in [0.1, 0.15) is 0 Å². The summed E-state index contributed by atoms with van der Waals surface area (Å²) >= 11 is 0. The highest BCUT2D eigenvalue weighted by Gasteiger charge is 2.38. The minimum Gasteiger partial charge on any atom is -0.390 e. The molecule has 0 saturated heterocycles. The van der Waals surface area contributed by atoms with Gasteiger partial charge in [-0.25, -0.2) is 13.6 Å². The van der Waals surface area contributed by atoms with Crippen molar-refractivity contribution in [3.63, 3.8) is 0 Å². The Morgan fingerprint density at radius 3 is 2.65 bits per heavy atom. The van der Waals surface area contributed by atoms with E-state index in [-0.39, 0.29) is 10.9 Å². The maximum atomic E-state index is 11.2. The standard InChI is InChI=1S/C11H16N2O3S/c1-11(14)6-9(7-11)13-8-3-2-4-10(5-8)17(12,15)16/h2-5,9,13-14H,6-7H2,1H3,(H2,12,15,16). The van der Waals surface area contributed by atoms with Crippen molar-refractivity contribution in [2.75, 3.05) is 5.32 Å². The van der Waals surface area contributed by atoms with Crippen molar-refractivity contribution < 1.29 is 13.5 Å². The maximum Gasteiger partial charge on any atom is 0.238 e. The minimum atomic E-state index is -3.66. The molecular weight excluding hydrogens is 240 g/mol. The average Bonchev–Trinajstić information content (AvgIpc) is 2.14. The lowest BCUT2D eigenvalue weighted by molar-refractivity contribution is -0.0234. The Hall–Kier alpha value is -1.11. The number of primary sulfonamides is 1. The van der Waals surface area contributed by atoms with Crippen LogP contribution in [0.25, 0.3) is 0 Å². The number of hydrogen-bond acceptors (Lipinski definition) is 4. The van der Waals surface area contributed by atoms with Crippen LogP contribution in [0.5, 0.6) is 0 Å². The number of hydrogen-bond donors (Lipinski definition) is 3. The summed E-state index contributed by atoms with van der Waals surface area (Å²) in [5.41, 5.74) is 0.104. The summed E-state index contributed by atoms with van der Waals surface area (Å²) in [7, 11) is -3.66. The molecule has 1 aromatic rings. The molecule has 0 heterocycles. The van der Waals surface area contributed by atoms with E-state index < -0.39 is 15.6 Å². The van der Waals surface area contributed by atoms with E-state index in [4.69, 9.17) is 5.14 Å². The van der Waals surface area contributed by atoms with Crippen LogP contribution in [0.2, 0.25) is 0 Å². The highest BCUT2D eigenvalue weighted by Crippen LogP contribution is 2.33. The number of benzene rings is 1. The quantitative estimate of drug-likeness (QED) is 0.740. The molecule has 0 atom stereocenters. The topological polar surface area (TPSA) is 92.4 Å². The summed E-state index contributed by atoms with van der Waals surface area (Å²) in [5.74, 6) is 0. The molecule has 0 spiro atoms. The molecule has 5 nitrogen and oxygen atoms in total. The van der Waals surface area contributed by atoms with E-state index in [0.29, 0.717) is 18.5 Å². The van der Waals surface area contributed by atoms with Gasteiger partial charge in [0.2, 0.25) is 10.0 Å². The highest BCUT2D eigenvalue weighted by molar-refractivity contribution is 7.89. The van der Waals surface area contributed by atoms with Crippen LogP contribution in [0.4, 0.5) is 5.69 Å². The molecule has 6 heteroatoms. The van der Waals surface area contributed by atoms with Gasteiger partial charge >= 0.3 is 0 Å². The van der Waals surface area contributed by atoms with Gasteiger partial charge in [-0.15, -0.1) is 0 Å². The number of aliphatic hydroxyl groups is 1. The predicted octanol–water partition coefficient (Wildman–Crippen LogP) is 0.659. The van der Waals surface area contributed by atoms with Crippen molar-refractivity contribution >= 4 is 15.7 Å². The number of sulfonamides is 1. The molecule has 4 N–H and O–H groups in total. The zero-order valence-electron chi connectivity index (χ0n) is 9.55. The first-order chi connectivity index (χ1) is 7.76. The predicted molar refractivity (Wildman–Crippen MR) is 65.1 cm³/mol. The van der Waals surface area contributed by atoms with Gasteiger partial charge in [-0.2, -0.15) is 0 Å². The molecule has 0 aliphatic heterocycles. The number of anilines is 1. The van der Waals surface area contributed by atoms with Gasteiger partial charge < -0.3 is 10.4 Å². The number of nitrogens with one attached hydrogen (secondary N) is 1. The first kappa shape index (κ1) is 12.3. The summed E-state index contributed by atoms with van der Waals surface area (Å²) in [6, 6.07) is 6.56. The zero-order valence-corrected chi connectivity index (χ0v) is 10.4. The van der Waals surface area contributed by atoms with E-state index in [1.54, 1.807) is 19.1 Å². The van der Waals surface area contributed by atoms with Crippen LogP contribution in [-0.4, -0.2) is 25.2 Å². The zero-order chi connectivity index (χ0) is 12.7. The van der Waals surface area contributed by atoms with Crippen LogP contribution in [-0.2, 0) is 10.0 Å². The third-order valence-corrected chi connectivity index (χ3v) is 3.82. The smallest absolute Gasteiger partial charge is 0.238 e. The van der Waals surface area contributed by atoms with Crippen molar-refractivity contribution in [3.8, 4) is 0 Å². The molecule has 0 radical (unpaired) electrons. The van der Waals surface area contributed by atoms with Gasteiger partial charge in [0.25, 0.3) is 0 Å². The van der Waals surface area contributed by atoms with Crippen molar-refractivity contribution in [1.29, 1.82) is 0 Å². The van der Waals surface area contributed by atoms with E-state index >= 15 is 0 Å². The van der Waals surface area contributed by atoms with Crippen LogP contribution in [0.15, 0.2) is 29.2 Å². The van der Waals surface area contributed by atoms with E-state index in [1.807, 2.05) is 0 Å². The fourth-order valence-electron chi connectivity index (χ4n) is 2.10. The van der Waals surface area contributed by atoms with Gasteiger partial charge in [0, 0.05) is 11.7 Å². The lowest BCUT2D eigenvalue weighted by atomic mass is 9.77. The van der Waals surface area contributed by atoms with Crippen LogP contribution >= 0.6 is 0 Å². The fourth-order valence-corrected chi connectivity index (χ4v) is 2.66. The molecule has 94 valence electrons. The van der Waals surface area contributed by atoms with E-state index in [1.165, 1.54) is 12.1 Å². The Morgan fingerprint density at radius 2 is 2.12 bits per heavy atom. The molecule has 0 amide bonds. The Bertz CT molecular complexity index is 517. The van der Waals surface area contributed by atoms with Crippen LogP contribution < -0.4 is 10.5 Å². The minimum absolute atomic E-state index is 0.0913. The molecule has 2 rings (SSSR count). The molecule has 0 bridgehead atoms. The molecule has 1 fully saturated rings. The molecular formula is C11H16N2O3S. The Balaban J connectivity index is 2.08. The van der Waals surface area contributed by atoms with Crippen molar-refractivity contribution in [2.45, 2.75) is 36.3 Å². The van der Waals surface area contributed by atoms with Gasteiger partial charge in [0.15, 0.2) is 0 Å². The molecule has 1 aliphatic rings. The van der Waals surface area contributed by atoms with Crippen LogP contribution in [0.3, 0.4) is 0 Å². The van der Waals surface area contributed by atoms with E-state index in [9.17, 15) is 13.5 Å². The summed E-state index contributed by atoms with van der Waals surface area (Å²) in [5, 5.41) is 17.8. The molecule has 1 aliphatic carbocycles. The van der Waals surface area contributed by atoms with Crippen molar-refractivity contribution in [2.24, 2.45) is 5.14 Å². The van der Waals surface area contributed by atoms with Gasteiger partial charge in [-0.3, -0.25) is 0 Å². The third-order valence-electron chi connectivity index (χ3n) is 2.91. The lowest BCUT2D eigenvalue weighted by Crippen LogP contribution is -2.48. The summed E-state index contributed by atoms with van der Waals surface area (Å²) in [6.07, 6.45) is 1.32. The first-order valence-corrected chi connectivity index (χ1v) is 6.93. The van der Waals surface area contributed by atoms with E-state index in [2.05, 4.69) is 5.32 Å². The summed E-state index contributed by atoms with van der Waals surface area (Å²) in [4.78, 5) is 0.0913. The second kappa shape index (κ2) is 3.97. The molecule has 1 aromatic carbocycles. The fraction of sp³-hybridized carbons (Fsp3) is 0.455. The summed E-state index contributed by atoms with van der Waals surface area (Å²) in [6.45, 7) is 1.78. The Kier molecular flexibility index (Phi) is 2.89. The molecule has 17 heavy (non-hydrogen) atoms. The van der Waals surface area contributed by atoms with Crippen molar-refractivity contribution in [3.05, 3.63) is 24.3 Å². The largest absolute Gasteiger partial charge is 0.390 e. The van der Waals surface area contributed by atoms with E-state index in [0.717, 1.165) is 0 Å². The highest BCUT2D eigenvalue weighted by atomic mass is 32.2. The Labute approximate surface area is 101 Å². The SMILES string of the molecule is CC1(O)CC(Nc2cccc(S(N)(=O)=O)c2)C1. The maximum absolute atomic E-state index is 11.2. The Morgan fingerprint density at radius 1 is 1.47 bits per heavy atom. The van der Waals surface area contributed by atoms with Crippen molar-refractivity contribution in [1.82, 2.24) is 0 Å². The molecule has 1 saturated carbocycles.